The Hall–Kier alpha value is -3.70. The van der Waals surface area contributed by atoms with Crippen LogP contribution in [0.25, 0.3) is 0 Å². The quantitative estimate of drug-likeness (QED) is 0.199. The van der Waals surface area contributed by atoms with Crippen LogP contribution >= 0.6 is 0 Å². The van der Waals surface area contributed by atoms with Crippen molar-refractivity contribution in [2.45, 2.75) is 75.5 Å². The fourth-order valence-electron chi connectivity index (χ4n) is 8.40. The van der Waals surface area contributed by atoms with Gasteiger partial charge in [-0.15, -0.1) is 0 Å². The van der Waals surface area contributed by atoms with Gasteiger partial charge in [0.1, 0.15) is 0 Å². The van der Waals surface area contributed by atoms with Gasteiger partial charge in [0.2, 0.25) is 0 Å². The highest BCUT2D eigenvalue weighted by Gasteiger charge is 2.51. The Balaban J connectivity index is 0.000000157. The number of ether oxygens (including phenoxy) is 2. The molecule has 4 aliphatic rings. The van der Waals surface area contributed by atoms with Crippen molar-refractivity contribution in [1.82, 2.24) is 9.80 Å². The standard InChI is InChI=1S/2C20H20F3NO/c2*1-19-13-24(10-14-6-3-2-4-7-14)11-18(19)15-8-5-9-17(20(21,22)23)16(15)12-25-19/h2*2-9,18H,10-13H2,1H3/t18-,19+;18-,19-/m10/s1. The fourth-order valence-corrected chi connectivity index (χ4v) is 8.40. The molecule has 4 nitrogen and oxygen atoms in total. The number of hydrogen-bond acceptors (Lipinski definition) is 4. The third-order valence-electron chi connectivity index (χ3n) is 10.8. The van der Waals surface area contributed by atoms with Crippen LogP contribution in [0.4, 0.5) is 26.3 Å². The van der Waals surface area contributed by atoms with E-state index in [-0.39, 0.29) is 25.0 Å². The Morgan fingerprint density at radius 1 is 0.560 bits per heavy atom. The first-order chi connectivity index (χ1) is 23.7. The number of hydrogen-bond donors (Lipinski definition) is 0. The van der Waals surface area contributed by atoms with Crippen molar-refractivity contribution >= 4 is 0 Å². The van der Waals surface area contributed by atoms with Crippen molar-refractivity contribution in [2.75, 3.05) is 26.2 Å². The molecule has 0 spiro atoms. The molecule has 0 radical (unpaired) electrons. The van der Waals surface area contributed by atoms with Gasteiger partial charge in [0.05, 0.1) is 35.5 Å². The average Bonchev–Trinajstić information content (AvgIpc) is 3.60. The van der Waals surface area contributed by atoms with Gasteiger partial charge in [0.15, 0.2) is 0 Å². The van der Waals surface area contributed by atoms with Gasteiger partial charge < -0.3 is 9.47 Å². The van der Waals surface area contributed by atoms with Crippen LogP contribution in [-0.4, -0.2) is 47.2 Å². The molecule has 264 valence electrons. The summed E-state index contributed by atoms with van der Waals surface area (Å²) >= 11 is 0. The minimum atomic E-state index is -4.34. The zero-order valence-corrected chi connectivity index (χ0v) is 28.0. The van der Waals surface area contributed by atoms with E-state index in [0.717, 1.165) is 49.4 Å². The zero-order valence-electron chi connectivity index (χ0n) is 28.0. The van der Waals surface area contributed by atoms with E-state index in [1.807, 2.05) is 62.4 Å². The molecule has 10 heteroatoms. The van der Waals surface area contributed by atoms with Gasteiger partial charge in [0.25, 0.3) is 0 Å². The molecule has 0 saturated carbocycles. The van der Waals surface area contributed by atoms with Crippen molar-refractivity contribution in [3.05, 3.63) is 142 Å². The Kier molecular flexibility index (Phi) is 9.12. The van der Waals surface area contributed by atoms with E-state index < -0.39 is 34.7 Å². The monoisotopic (exact) mass is 694 g/mol. The van der Waals surface area contributed by atoms with Crippen LogP contribution in [0.5, 0.6) is 0 Å². The third-order valence-corrected chi connectivity index (χ3v) is 10.8. The lowest BCUT2D eigenvalue weighted by atomic mass is 9.80. The molecular formula is C40H40F6N2O2. The molecule has 8 rings (SSSR count). The van der Waals surface area contributed by atoms with Crippen LogP contribution in [0.2, 0.25) is 0 Å². The van der Waals surface area contributed by atoms with Crippen molar-refractivity contribution in [3.63, 3.8) is 0 Å². The molecule has 50 heavy (non-hydrogen) atoms. The molecular weight excluding hydrogens is 654 g/mol. The largest absolute Gasteiger partial charge is 0.416 e. The predicted molar refractivity (Wildman–Crippen MR) is 178 cm³/mol. The molecule has 4 aromatic carbocycles. The number of likely N-dealkylation sites (tertiary alicyclic amines) is 2. The second-order valence-electron chi connectivity index (χ2n) is 14.4. The van der Waals surface area contributed by atoms with Crippen LogP contribution in [0.15, 0.2) is 97.1 Å². The summed E-state index contributed by atoms with van der Waals surface area (Å²) in [6, 6.07) is 29.3. The number of rotatable bonds is 4. The number of alkyl halides is 6. The van der Waals surface area contributed by atoms with E-state index in [9.17, 15) is 26.3 Å². The summed E-state index contributed by atoms with van der Waals surface area (Å²) in [7, 11) is 0. The van der Waals surface area contributed by atoms with Crippen molar-refractivity contribution in [2.24, 2.45) is 0 Å². The van der Waals surface area contributed by atoms with Crippen LogP contribution in [0.3, 0.4) is 0 Å². The van der Waals surface area contributed by atoms with Gasteiger partial charge >= 0.3 is 12.4 Å². The van der Waals surface area contributed by atoms with Crippen molar-refractivity contribution < 1.29 is 35.8 Å². The first-order valence-electron chi connectivity index (χ1n) is 16.9. The molecule has 0 aliphatic carbocycles. The highest BCUT2D eigenvalue weighted by molar-refractivity contribution is 5.44. The lowest BCUT2D eigenvalue weighted by molar-refractivity contribution is -0.141. The van der Waals surface area contributed by atoms with Gasteiger partial charge in [-0.25, -0.2) is 0 Å². The molecule has 0 amide bonds. The highest BCUT2D eigenvalue weighted by atomic mass is 19.4. The second kappa shape index (κ2) is 13.1. The van der Waals surface area contributed by atoms with E-state index in [2.05, 4.69) is 34.1 Å². The van der Waals surface area contributed by atoms with E-state index >= 15 is 0 Å². The maximum Gasteiger partial charge on any atom is 0.416 e. The first-order valence-corrected chi connectivity index (χ1v) is 16.9. The van der Waals surface area contributed by atoms with Crippen LogP contribution < -0.4 is 0 Å². The number of halogens is 6. The Morgan fingerprint density at radius 3 is 1.30 bits per heavy atom. The molecule has 4 atom stereocenters. The average molecular weight is 695 g/mol. The summed E-state index contributed by atoms with van der Waals surface area (Å²) < 4.78 is 91.8. The molecule has 4 aromatic rings. The summed E-state index contributed by atoms with van der Waals surface area (Å²) in [6.45, 7) is 8.52. The summed E-state index contributed by atoms with van der Waals surface area (Å²) in [5.41, 5.74) is 2.60. The molecule has 0 bridgehead atoms. The molecule has 0 unspecified atom stereocenters. The molecule has 2 fully saturated rings. The minimum Gasteiger partial charge on any atom is -0.369 e. The highest BCUT2D eigenvalue weighted by Crippen LogP contribution is 2.49. The van der Waals surface area contributed by atoms with E-state index in [0.29, 0.717) is 24.2 Å². The van der Waals surface area contributed by atoms with Crippen LogP contribution in [-0.2, 0) is 48.1 Å². The number of fused-ring (bicyclic) bond motifs is 6. The normalized spacial score (nSPS) is 26.3. The van der Waals surface area contributed by atoms with Gasteiger partial charge in [0, 0.05) is 51.1 Å². The van der Waals surface area contributed by atoms with Gasteiger partial charge in [-0.1, -0.05) is 84.9 Å². The van der Waals surface area contributed by atoms with Crippen molar-refractivity contribution in [1.29, 1.82) is 0 Å². The summed E-state index contributed by atoms with van der Waals surface area (Å²) in [5, 5.41) is 0. The zero-order chi connectivity index (χ0) is 35.3. The molecule has 0 N–H and O–H groups in total. The predicted octanol–water partition coefficient (Wildman–Crippen LogP) is 9.19. The maximum atomic E-state index is 13.3. The number of nitrogens with zero attached hydrogens (tertiary/aromatic N) is 2. The molecule has 0 aromatic heterocycles. The molecule has 4 aliphatic heterocycles. The first kappa shape index (κ1) is 34.7. The van der Waals surface area contributed by atoms with E-state index in [1.54, 1.807) is 0 Å². The third kappa shape index (κ3) is 6.83. The van der Waals surface area contributed by atoms with E-state index in [4.69, 9.17) is 9.47 Å². The fraction of sp³-hybridized carbons (Fsp3) is 0.400. The Labute approximate surface area is 288 Å². The van der Waals surface area contributed by atoms with Crippen LogP contribution in [0.1, 0.15) is 70.2 Å². The smallest absolute Gasteiger partial charge is 0.369 e. The van der Waals surface area contributed by atoms with Gasteiger partial charge in [-0.2, -0.15) is 26.3 Å². The summed E-state index contributed by atoms with van der Waals surface area (Å²) in [4.78, 5) is 4.55. The van der Waals surface area contributed by atoms with Crippen LogP contribution in [0, 0.1) is 0 Å². The lowest BCUT2D eigenvalue weighted by Crippen LogP contribution is -2.40. The van der Waals surface area contributed by atoms with Gasteiger partial charge in [-0.05, 0) is 59.4 Å². The second-order valence-corrected chi connectivity index (χ2v) is 14.4. The summed E-state index contributed by atoms with van der Waals surface area (Å²) in [6.07, 6.45) is -8.68. The summed E-state index contributed by atoms with van der Waals surface area (Å²) in [5.74, 6) is -0.0791. The van der Waals surface area contributed by atoms with Crippen molar-refractivity contribution in [3.8, 4) is 0 Å². The number of benzene rings is 4. The Morgan fingerprint density at radius 2 is 0.940 bits per heavy atom. The topological polar surface area (TPSA) is 24.9 Å². The van der Waals surface area contributed by atoms with E-state index in [1.165, 1.54) is 23.3 Å². The Bertz CT molecular complexity index is 1680. The van der Waals surface area contributed by atoms with Gasteiger partial charge in [-0.3, -0.25) is 9.80 Å². The molecule has 4 heterocycles. The molecule has 2 saturated heterocycles. The minimum absolute atomic E-state index is 0.0250. The SMILES string of the molecule is C[C@]12CN(Cc3ccccc3)C[C@@H]1c1cccc(C(F)(F)F)c1CO2.C[C@]12CN(Cc3ccccc3)C[C@H]1c1cccc(C(F)(F)F)c1CO2. The maximum absolute atomic E-state index is 13.3. The lowest BCUT2D eigenvalue weighted by Gasteiger charge is -2.38.